The van der Waals surface area contributed by atoms with Crippen LogP contribution in [-0.2, 0) is 0 Å². The molecule has 2 aromatic heterocycles. The minimum Gasteiger partial charge on any atom is -0.244 e. The van der Waals surface area contributed by atoms with Gasteiger partial charge in [-0.1, -0.05) is 23.2 Å². The van der Waals surface area contributed by atoms with Gasteiger partial charge in [-0.25, -0.2) is 9.67 Å². The van der Waals surface area contributed by atoms with E-state index in [1.165, 1.54) is 0 Å². The van der Waals surface area contributed by atoms with E-state index in [1.807, 2.05) is 13.8 Å². The summed E-state index contributed by atoms with van der Waals surface area (Å²) in [5, 5.41) is 5.37. The first-order chi connectivity index (χ1) is 7.08. The first-order valence-corrected chi connectivity index (χ1v) is 5.18. The van der Waals surface area contributed by atoms with E-state index in [0.29, 0.717) is 10.2 Å². The average Bonchev–Trinajstić information content (AvgIpc) is 2.51. The first-order valence-electron chi connectivity index (χ1n) is 4.42. The molecule has 78 valence electrons. The molecule has 3 nitrogen and oxygen atoms in total. The number of aryl methyl sites for hydroxylation is 2. The van der Waals surface area contributed by atoms with Gasteiger partial charge in [0.25, 0.3) is 0 Å². The lowest BCUT2D eigenvalue weighted by Crippen LogP contribution is -1.98. The summed E-state index contributed by atoms with van der Waals surface area (Å²) in [4.78, 5) is 3.99. The monoisotopic (exact) mass is 241 g/mol. The van der Waals surface area contributed by atoms with Crippen LogP contribution in [0.25, 0.3) is 5.69 Å². The predicted octanol–water partition coefficient (Wildman–Crippen LogP) is 3.19. The molecule has 0 saturated heterocycles. The number of pyridine rings is 1. The molecule has 0 aliphatic heterocycles. The largest absolute Gasteiger partial charge is 0.244 e. The number of halogens is 2. The zero-order chi connectivity index (χ0) is 11.0. The molecule has 0 aliphatic rings. The molecule has 0 bridgehead atoms. The molecule has 5 heteroatoms. The second-order valence-corrected chi connectivity index (χ2v) is 4.09. The standard InChI is InChI=1S/C10H9Cl2N3/c1-6-4-13-10(12)3-9(6)15-5-8(11)7(2)14-15/h3-5H,1-2H3. The molecule has 0 fully saturated rings. The fourth-order valence-corrected chi connectivity index (χ4v) is 1.58. The summed E-state index contributed by atoms with van der Waals surface area (Å²) >= 11 is 11.8. The van der Waals surface area contributed by atoms with Gasteiger partial charge in [0, 0.05) is 18.5 Å². The van der Waals surface area contributed by atoms with E-state index in [1.54, 1.807) is 23.1 Å². The molecule has 0 aliphatic carbocycles. The van der Waals surface area contributed by atoms with Crippen molar-refractivity contribution in [3.8, 4) is 5.69 Å². The number of hydrogen-bond acceptors (Lipinski definition) is 2. The van der Waals surface area contributed by atoms with Crippen molar-refractivity contribution in [3.63, 3.8) is 0 Å². The number of rotatable bonds is 1. The quantitative estimate of drug-likeness (QED) is 0.719. The molecule has 0 aromatic carbocycles. The summed E-state index contributed by atoms with van der Waals surface area (Å²) in [6, 6.07) is 1.76. The lowest BCUT2D eigenvalue weighted by Gasteiger charge is -2.04. The molecular formula is C10H9Cl2N3. The summed E-state index contributed by atoms with van der Waals surface area (Å²) in [7, 11) is 0. The van der Waals surface area contributed by atoms with Gasteiger partial charge in [0.05, 0.1) is 16.4 Å². The maximum Gasteiger partial charge on any atom is 0.131 e. The minimum absolute atomic E-state index is 0.444. The van der Waals surface area contributed by atoms with Crippen LogP contribution in [0.2, 0.25) is 10.2 Å². The van der Waals surface area contributed by atoms with Crippen LogP contribution in [0.4, 0.5) is 0 Å². The Morgan fingerprint density at radius 3 is 2.60 bits per heavy atom. The number of hydrogen-bond donors (Lipinski definition) is 0. The third kappa shape index (κ3) is 1.98. The van der Waals surface area contributed by atoms with Crippen molar-refractivity contribution < 1.29 is 0 Å². The highest BCUT2D eigenvalue weighted by Crippen LogP contribution is 2.20. The second-order valence-electron chi connectivity index (χ2n) is 3.30. The molecule has 2 aromatic rings. The van der Waals surface area contributed by atoms with Crippen molar-refractivity contribution in [1.82, 2.24) is 14.8 Å². The Morgan fingerprint density at radius 1 is 1.27 bits per heavy atom. The topological polar surface area (TPSA) is 30.7 Å². The molecular weight excluding hydrogens is 233 g/mol. The van der Waals surface area contributed by atoms with Gasteiger partial charge < -0.3 is 0 Å². The molecule has 0 atom stereocenters. The summed E-state index contributed by atoms with van der Waals surface area (Å²) < 4.78 is 1.71. The van der Waals surface area contributed by atoms with Crippen LogP contribution in [0.3, 0.4) is 0 Å². The van der Waals surface area contributed by atoms with Crippen molar-refractivity contribution in [2.45, 2.75) is 13.8 Å². The summed E-state index contributed by atoms with van der Waals surface area (Å²) in [6.45, 7) is 3.81. The van der Waals surface area contributed by atoms with Gasteiger partial charge >= 0.3 is 0 Å². The SMILES string of the molecule is Cc1cnc(Cl)cc1-n1cc(Cl)c(C)n1. The van der Waals surface area contributed by atoms with Crippen molar-refractivity contribution in [2.24, 2.45) is 0 Å². The maximum atomic E-state index is 5.94. The summed E-state index contributed by atoms with van der Waals surface area (Å²) in [5.74, 6) is 0. The highest BCUT2D eigenvalue weighted by atomic mass is 35.5. The van der Waals surface area contributed by atoms with Gasteiger partial charge in [0.2, 0.25) is 0 Å². The van der Waals surface area contributed by atoms with Crippen LogP contribution < -0.4 is 0 Å². The Kier molecular flexibility index (Phi) is 2.67. The summed E-state index contributed by atoms with van der Waals surface area (Å²) in [5.41, 5.74) is 2.69. The van der Waals surface area contributed by atoms with E-state index >= 15 is 0 Å². The smallest absolute Gasteiger partial charge is 0.131 e. The molecule has 2 heterocycles. The highest BCUT2D eigenvalue weighted by molar-refractivity contribution is 6.31. The Labute approximate surface area is 97.7 Å². The molecule has 0 amide bonds. The van der Waals surface area contributed by atoms with E-state index in [9.17, 15) is 0 Å². The third-order valence-electron chi connectivity index (χ3n) is 2.13. The lowest BCUT2D eigenvalue weighted by atomic mass is 10.3. The van der Waals surface area contributed by atoms with E-state index in [2.05, 4.69) is 10.1 Å². The van der Waals surface area contributed by atoms with E-state index in [4.69, 9.17) is 23.2 Å². The minimum atomic E-state index is 0.444. The Morgan fingerprint density at radius 2 is 2.00 bits per heavy atom. The Balaban J connectivity index is 2.58. The van der Waals surface area contributed by atoms with Crippen molar-refractivity contribution in [3.05, 3.63) is 39.9 Å². The highest BCUT2D eigenvalue weighted by Gasteiger charge is 2.07. The normalized spacial score (nSPS) is 10.7. The van der Waals surface area contributed by atoms with Crippen LogP contribution in [-0.4, -0.2) is 14.8 Å². The Hall–Kier alpha value is -1.06. The molecule has 0 saturated carbocycles. The predicted molar refractivity (Wildman–Crippen MR) is 60.9 cm³/mol. The molecule has 0 radical (unpaired) electrons. The zero-order valence-electron chi connectivity index (χ0n) is 8.33. The van der Waals surface area contributed by atoms with Crippen LogP contribution in [0.15, 0.2) is 18.5 Å². The lowest BCUT2D eigenvalue weighted by molar-refractivity contribution is 0.852. The number of nitrogens with zero attached hydrogens (tertiary/aromatic N) is 3. The Bertz CT molecular complexity index is 486. The first kappa shape index (κ1) is 10.5. The third-order valence-corrected chi connectivity index (χ3v) is 2.70. The van der Waals surface area contributed by atoms with E-state index in [-0.39, 0.29) is 0 Å². The molecule has 0 N–H and O–H groups in total. The average molecular weight is 242 g/mol. The summed E-state index contributed by atoms with van der Waals surface area (Å²) in [6.07, 6.45) is 3.47. The number of aromatic nitrogens is 3. The van der Waals surface area contributed by atoms with Crippen molar-refractivity contribution >= 4 is 23.2 Å². The van der Waals surface area contributed by atoms with Gasteiger partial charge in [0.1, 0.15) is 5.15 Å². The van der Waals surface area contributed by atoms with Crippen LogP contribution in [0.5, 0.6) is 0 Å². The van der Waals surface area contributed by atoms with Gasteiger partial charge in [-0.05, 0) is 19.4 Å². The van der Waals surface area contributed by atoms with Gasteiger partial charge in [-0.2, -0.15) is 5.10 Å². The molecule has 2 rings (SSSR count). The van der Waals surface area contributed by atoms with E-state index in [0.717, 1.165) is 16.9 Å². The zero-order valence-corrected chi connectivity index (χ0v) is 9.84. The van der Waals surface area contributed by atoms with Crippen LogP contribution in [0, 0.1) is 13.8 Å². The fourth-order valence-electron chi connectivity index (χ4n) is 1.30. The molecule has 0 unspecified atom stereocenters. The van der Waals surface area contributed by atoms with Gasteiger partial charge in [0.15, 0.2) is 0 Å². The maximum absolute atomic E-state index is 5.94. The molecule has 15 heavy (non-hydrogen) atoms. The molecule has 0 spiro atoms. The van der Waals surface area contributed by atoms with Gasteiger partial charge in [-0.15, -0.1) is 0 Å². The fraction of sp³-hybridized carbons (Fsp3) is 0.200. The van der Waals surface area contributed by atoms with Crippen LogP contribution in [0.1, 0.15) is 11.3 Å². The second kappa shape index (κ2) is 3.83. The van der Waals surface area contributed by atoms with Gasteiger partial charge in [-0.3, -0.25) is 0 Å². The van der Waals surface area contributed by atoms with Crippen molar-refractivity contribution in [2.75, 3.05) is 0 Å². The van der Waals surface area contributed by atoms with Crippen LogP contribution >= 0.6 is 23.2 Å². The van der Waals surface area contributed by atoms with E-state index < -0.39 is 0 Å². The van der Waals surface area contributed by atoms with Crippen molar-refractivity contribution in [1.29, 1.82) is 0 Å².